The number of rotatable bonds is 1. The minimum absolute atomic E-state index is 0.716. The van der Waals surface area contributed by atoms with Crippen molar-refractivity contribution in [3.8, 4) is 11.1 Å². The van der Waals surface area contributed by atoms with Crippen molar-refractivity contribution in [1.82, 2.24) is 9.97 Å². The van der Waals surface area contributed by atoms with Crippen LogP contribution in [0.4, 0.5) is 0 Å². The monoisotopic (exact) mass is 326 g/mol. The van der Waals surface area contributed by atoms with Crippen LogP contribution in [0.25, 0.3) is 32.9 Å². The second-order valence-corrected chi connectivity index (χ2v) is 6.20. The number of halogens is 2. The lowest BCUT2D eigenvalue weighted by Gasteiger charge is -2.05. The van der Waals surface area contributed by atoms with Gasteiger partial charge in [0.2, 0.25) is 0 Å². The highest BCUT2D eigenvalue weighted by molar-refractivity contribution is 6.33. The number of nitrogens with one attached hydrogen (secondary N) is 1. The molecule has 0 aliphatic rings. The Hall–Kier alpha value is -2.03. The zero-order chi connectivity index (χ0) is 15.3. The Morgan fingerprint density at radius 3 is 2.41 bits per heavy atom. The van der Waals surface area contributed by atoms with E-state index in [2.05, 4.69) is 9.97 Å². The Morgan fingerprint density at radius 1 is 0.864 bits per heavy atom. The molecular weight excluding hydrogens is 315 g/mol. The third kappa shape index (κ3) is 2.07. The van der Waals surface area contributed by atoms with Crippen molar-refractivity contribution in [1.29, 1.82) is 0 Å². The van der Waals surface area contributed by atoms with Gasteiger partial charge < -0.3 is 4.98 Å². The highest BCUT2D eigenvalue weighted by Gasteiger charge is 2.12. The van der Waals surface area contributed by atoms with Crippen LogP contribution in [0.3, 0.4) is 0 Å². The summed E-state index contributed by atoms with van der Waals surface area (Å²) < 4.78 is 0. The van der Waals surface area contributed by atoms with Gasteiger partial charge >= 0.3 is 0 Å². The van der Waals surface area contributed by atoms with Gasteiger partial charge in [-0.1, -0.05) is 35.3 Å². The predicted molar refractivity (Wildman–Crippen MR) is 93.8 cm³/mol. The van der Waals surface area contributed by atoms with Gasteiger partial charge in [-0.3, -0.25) is 4.98 Å². The van der Waals surface area contributed by atoms with Gasteiger partial charge in [-0.2, -0.15) is 0 Å². The molecule has 0 spiro atoms. The second kappa shape index (κ2) is 5.01. The average molecular weight is 327 g/mol. The fourth-order valence-corrected chi connectivity index (χ4v) is 3.23. The lowest BCUT2D eigenvalue weighted by Crippen LogP contribution is -1.81. The van der Waals surface area contributed by atoms with E-state index in [1.54, 1.807) is 0 Å². The molecule has 0 saturated heterocycles. The van der Waals surface area contributed by atoms with E-state index in [0.717, 1.165) is 43.6 Å². The van der Waals surface area contributed by atoms with Gasteiger partial charge in [0.25, 0.3) is 0 Å². The first-order valence-corrected chi connectivity index (χ1v) is 7.71. The van der Waals surface area contributed by atoms with Crippen molar-refractivity contribution >= 4 is 45.0 Å². The Balaban J connectivity index is 2.12. The number of fused-ring (bicyclic) bond motifs is 3. The maximum absolute atomic E-state index is 6.35. The summed E-state index contributed by atoms with van der Waals surface area (Å²) >= 11 is 12.3. The summed E-state index contributed by atoms with van der Waals surface area (Å²) in [7, 11) is 0. The summed E-state index contributed by atoms with van der Waals surface area (Å²) in [4.78, 5) is 7.86. The van der Waals surface area contributed by atoms with Gasteiger partial charge in [0.15, 0.2) is 0 Å². The van der Waals surface area contributed by atoms with E-state index in [4.69, 9.17) is 23.2 Å². The van der Waals surface area contributed by atoms with Gasteiger partial charge in [-0.25, -0.2) is 0 Å². The normalized spacial score (nSPS) is 11.4. The summed E-state index contributed by atoms with van der Waals surface area (Å²) in [5.41, 5.74) is 5.24. The number of aryl methyl sites for hydroxylation is 1. The maximum Gasteiger partial charge on any atom is 0.0681 e. The number of aromatic nitrogens is 2. The van der Waals surface area contributed by atoms with Crippen LogP contribution in [0.15, 0.2) is 48.7 Å². The van der Waals surface area contributed by atoms with E-state index in [0.29, 0.717) is 5.02 Å². The van der Waals surface area contributed by atoms with E-state index in [1.807, 2.05) is 55.6 Å². The van der Waals surface area contributed by atoms with E-state index >= 15 is 0 Å². The SMILES string of the molecule is Cc1nccc2c1[nH]c1c(-c3ccc(Cl)cc3)cc(Cl)cc12. The van der Waals surface area contributed by atoms with Gasteiger partial charge in [-0.05, 0) is 42.8 Å². The van der Waals surface area contributed by atoms with Crippen molar-refractivity contribution in [2.24, 2.45) is 0 Å². The van der Waals surface area contributed by atoms with Gasteiger partial charge in [0, 0.05) is 32.6 Å². The summed E-state index contributed by atoms with van der Waals surface area (Å²) in [6.07, 6.45) is 1.83. The van der Waals surface area contributed by atoms with Gasteiger partial charge in [0.05, 0.1) is 16.7 Å². The summed E-state index contributed by atoms with van der Waals surface area (Å²) in [5.74, 6) is 0. The standard InChI is InChI=1S/C18H12Cl2N2/c1-10-17-14(6-7-21-10)16-9-13(20)8-15(18(16)22-17)11-2-4-12(19)5-3-11/h2-9,22H,1H3. The van der Waals surface area contributed by atoms with Crippen molar-refractivity contribution in [2.45, 2.75) is 6.92 Å². The number of benzene rings is 2. The molecule has 1 N–H and O–H groups in total. The molecule has 2 aromatic carbocycles. The topological polar surface area (TPSA) is 28.7 Å². The molecule has 2 aromatic heterocycles. The molecule has 0 radical (unpaired) electrons. The smallest absolute Gasteiger partial charge is 0.0681 e. The molecule has 0 aliphatic heterocycles. The van der Waals surface area contributed by atoms with Crippen LogP contribution in [0.2, 0.25) is 10.0 Å². The quantitative estimate of drug-likeness (QED) is 0.456. The minimum Gasteiger partial charge on any atom is -0.353 e. The number of H-pyrrole nitrogens is 1. The molecule has 4 aromatic rings. The Bertz CT molecular complexity index is 1000. The van der Waals surface area contributed by atoms with Crippen LogP contribution >= 0.6 is 23.2 Å². The van der Waals surface area contributed by atoms with Crippen LogP contribution in [0.5, 0.6) is 0 Å². The number of nitrogens with zero attached hydrogens (tertiary/aromatic N) is 1. The molecule has 2 nitrogen and oxygen atoms in total. The van der Waals surface area contributed by atoms with Crippen molar-refractivity contribution in [3.05, 3.63) is 64.4 Å². The Morgan fingerprint density at radius 2 is 1.64 bits per heavy atom. The van der Waals surface area contributed by atoms with Crippen molar-refractivity contribution in [2.75, 3.05) is 0 Å². The molecule has 0 bridgehead atoms. The van der Waals surface area contributed by atoms with E-state index in [1.165, 1.54) is 0 Å². The maximum atomic E-state index is 6.35. The van der Waals surface area contributed by atoms with Crippen LogP contribution in [0.1, 0.15) is 5.69 Å². The zero-order valence-electron chi connectivity index (χ0n) is 11.8. The zero-order valence-corrected chi connectivity index (χ0v) is 13.3. The lowest BCUT2D eigenvalue weighted by atomic mass is 10.0. The number of pyridine rings is 1. The van der Waals surface area contributed by atoms with E-state index in [9.17, 15) is 0 Å². The number of aromatic amines is 1. The summed E-state index contributed by atoms with van der Waals surface area (Å²) in [6.45, 7) is 2.00. The van der Waals surface area contributed by atoms with E-state index < -0.39 is 0 Å². The number of hydrogen-bond donors (Lipinski definition) is 1. The Kier molecular flexibility index (Phi) is 3.10. The molecule has 0 atom stereocenters. The first-order valence-electron chi connectivity index (χ1n) is 6.96. The average Bonchev–Trinajstić information content (AvgIpc) is 2.88. The van der Waals surface area contributed by atoms with E-state index in [-0.39, 0.29) is 0 Å². The largest absolute Gasteiger partial charge is 0.353 e. The third-order valence-corrected chi connectivity index (χ3v) is 4.41. The van der Waals surface area contributed by atoms with Crippen LogP contribution in [-0.4, -0.2) is 9.97 Å². The number of hydrogen-bond acceptors (Lipinski definition) is 1. The lowest BCUT2D eigenvalue weighted by molar-refractivity contribution is 1.22. The predicted octanol–water partition coefficient (Wildman–Crippen LogP) is 6.00. The molecule has 0 amide bonds. The highest BCUT2D eigenvalue weighted by atomic mass is 35.5. The highest BCUT2D eigenvalue weighted by Crippen LogP contribution is 2.36. The summed E-state index contributed by atoms with van der Waals surface area (Å²) in [5, 5.41) is 3.68. The van der Waals surface area contributed by atoms with Crippen molar-refractivity contribution < 1.29 is 0 Å². The second-order valence-electron chi connectivity index (χ2n) is 5.33. The van der Waals surface area contributed by atoms with Gasteiger partial charge in [0.1, 0.15) is 0 Å². The first-order chi connectivity index (χ1) is 10.6. The van der Waals surface area contributed by atoms with Crippen LogP contribution in [-0.2, 0) is 0 Å². The molecule has 0 fully saturated rings. The molecule has 4 rings (SSSR count). The van der Waals surface area contributed by atoms with Gasteiger partial charge in [-0.15, -0.1) is 0 Å². The first kappa shape index (κ1) is 13.6. The molecule has 2 heterocycles. The molecule has 4 heteroatoms. The molecular formula is C18H12Cl2N2. The third-order valence-electron chi connectivity index (χ3n) is 3.94. The molecule has 0 aliphatic carbocycles. The van der Waals surface area contributed by atoms with Crippen LogP contribution < -0.4 is 0 Å². The van der Waals surface area contributed by atoms with Crippen molar-refractivity contribution in [3.63, 3.8) is 0 Å². The fourth-order valence-electron chi connectivity index (χ4n) is 2.88. The minimum atomic E-state index is 0.716. The summed E-state index contributed by atoms with van der Waals surface area (Å²) in [6, 6.07) is 13.8. The molecule has 108 valence electrons. The molecule has 0 saturated carbocycles. The molecule has 22 heavy (non-hydrogen) atoms. The Labute approximate surface area is 137 Å². The van der Waals surface area contributed by atoms with Crippen LogP contribution in [0, 0.1) is 6.92 Å². The molecule has 0 unspecified atom stereocenters. The fraction of sp³-hybridized carbons (Fsp3) is 0.0556.